The van der Waals surface area contributed by atoms with Crippen molar-refractivity contribution in [1.29, 1.82) is 0 Å². The topological polar surface area (TPSA) is 159 Å². The van der Waals surface area contributed by atoms with Gasteiger partial charge in [-0.3, -0.25) is 19.6 Å². The second-order valence-electron chi connectivity index (χ2n) is 11.2. The van der Waals surface area contributed by atoms with Crippen LogP contribution in [0.3, 0.4) is 0 Å². The van der Waals surface area contributed by atoms with Crippen LogP contribution in [-0.4, -0.2) is 74.8 Å². The lowest BCUT2D eigenvalue weighted by Gasteiger charge is -2.22. The van der Waals surface area contributed by atoms with Gasteiger partial charge in [-0.05, 0) is 32.1 Å². The first kappa shape index (κ1) is 30.8. The molecule has 202 valence electrons. The van der Waals surface area contributed by atoms with Crippen LogP contribution >= 0.6 is 0 Å². The Labute approximate surface area is 211 Å². The Bertz CT molecular complexity index is 722. The van der Waals surface area contributed by atoms with Gasteiger partial charge < -0.3 is 32.7 Å². The molecule has 0 saturated carbocycles. The molecule has 0 unspecified atom stereocenters. The zero-order valence-corrected chi connectivity index (χ0v) is 22.8. The minimum Gasteiger partial charge on any atom is -0.356 e. The van der Waals surface area contributed by atoms with Crippen LogP contribution in [0.4, 0.5) is 0 Å². The van der Waals surface area contributed by atoms with Gasteiger partial charge in [-0.15, -0.1) is 0 Å². The number of guanidine groups is 2. The summed E-state index contributed by atoms with van der Waals surface area (Å²) >= 11 is 0. The molecule has 0 spiro atoms. The predicted molar refractivity (Wildman–Crippen MR) is 145 cm³/mol. The molecule has 0 aliphatic carbocycles. The number of carbonyl (C=O) groups is 2. The van der Waals surface area contributed by atoms with Crippen LogP contribution < -0.4 is 32.7 Å². The smallest absolute Gasteiger partial charge is 0.191 e. The van der Waals surface area contributed by atoms with Crippen LogP contribution in [0, 0.1) is 10.8 Å². The average molecular weight is 495 g/mol. The van der Waals surface area contributed by atoms with Gasteiger partial charge in [-0.1, -0.05) is 41.5 Å². The largest absolute Gasteiger partial charge is 0.356 e. The molecule has 0 fully saturated rings. The first-order chi connectivity index (χ1) is 16.3. The Morgan fingerprint density at radius 1 is 0.800 bits per heavy atom. The van der Waals surface area contributed by atoms with Gasteiger partial charge in [0.15, 0.2) is 23.5 Å². The fourth-order valence-electron chi connectivity index (χ4n) is 3.60. The van der Waals surface area contributed by atoms with Gasteiger partial charge in [0.1, 0.15) is 0 Å². The van der Waals surface area contributed by atoms with Crippen molar-refractivity contribution in [2.45, 2.75) is 85.7 Å². The minimum atomic E-state index is -0.354. The van der Waals surface area contributed by atoms with E-state index in [-0.39, 0.29) is 34.5 Å². The number of nitrogens with zero attached hydrogens (tertiary/aromatic N) is 2. The molecule has 2 atom stereocenters. The van der Waals surface area contributed by atoms with Crippen LogP contribution in [0.25, 0.3) is 0 Å². The number of hydrogen-bond acceptors (Lipinski definition) is 10. The first-order valence-electron chi connectivity index (χ1n) is 13.0. The molecule has 10 heteroatoms. The number of ketones is 2. The van der Waals surface area contributed by atoms with Gasteiger partial charge in [0.2, 0.25) is 0 Å². The molecule has 0 aromatic rings. The van der Waals surface area contributed by atoms with Crippen molar-refractivity contribution >= 4 is 23.5 Å². The van der Waals surface area contributed by atoms with E-state index in [0.717, 1.165) is 83.3 Å². The van der Waals surface area contributed by atoms with Gasteiger partial charge in [0.25, 0.3) is 0 Å². The standard InChI is InChI=1S/C13H26N4O.C12H24N4O/c1-13(2,3)11(18)10(14)6-4-7-15-12-16-8-5-9-17-12;1-12(2,3)10(17)9(13)5-4-6-14-11-15-7-8-16-11/h10H,4-9,14H2,1-3H3,(H2,15,16,17);9H,4-8,13H2,1-3H3,(H2,14,15,16)/t10-;9-/m11/s1. The SMILES string of the molecule is CC(C)(C)C(=O)[C@H](N)CCCNC1=NCCCN1.CC(C)(C)C(=O)[C@H](N)CCCNC1=NCCN1. The molecule has 8 N–H and O–H groups in total. The van der Waals surface area contributed by atoms with Crippen molar-refractivity contribution in [3.63, 3.8) is 0 Å². The fraction of sp³-hybridized carbons (Fsp3) is 0.840. The molecule has 10 nitrogen and oxygen atoms in total. The molecule has 0 aromatic heterocycles. The molecule has 35 heavy (non-hydrogen) atoms. The zero-order valence-electron chi connectivity index (χ0n) is 22.8. The van der Waals surface area contributed by atoms with Crippen LogP contribution in [0.5, 0.6) is 0 Å². The van der Waals surface area contributed by atoms with Crippen LogP contribution in [0.1, 0.15) is 73.6 Å². The second kappa shape index (κ2) is 15.0. The Morgan fingerprint density at radius 3 is 1.57 bits per heavy atom. The zero-order chi connectivity index (χ0) is 26.5. The summed E-state index contributed by atoms with van der Waals surface area (Å²) in [7, 11) is 0. The Kier molecular flexibility index (Phi) is 13.2. The van der Waals surface area contributed by atoms with E-state index in [9.17, 15) is 9.59 Å². The summed E-state index contributed by atoms with van der Waals surface area (Å²) in [5.74, 6) is 2.00. The van der Waals surface area contributed by atoms with E-state index in [1.807, 2.05) is 41.5 Å². The minimum absolute atomic E-state index is 0.133. The van der Waals surface area contributed by atoms with Crippen molar-refractivity contribution < 1.29 is 9.59 Å². The first-order valence-corrected chi connectivity index (χ1v) is 13.0. The highest BCUT2D eigenvalue weighted by molar-refractivity contribution is 5.89. The predicted octanol–water partition coefficient (Wildman–Crippen LogP) is 0.906. The molecular formula is C25H50N8O2. The normalized spacial score (nSPS) is 17.5. The fourth-order valence-corrected chi connectivity index (χ4v) is 3.60. The van der Waals surface area contributed by atoms with Gasteiger partial charge in [-0.25, -0.2) is 0 Å². The molecule has 0 saturated heterocycles. The molecule has 2 aliphatic heterocycles. The van der Waals surface area contributed by atoms with Gasteiger partial charge in [-0.2, -0.15) is 0 Å². The molecule has 2 heterocycles. The summed E-state index contributed by atoms with van der Waals surface area (Å²) in [6.07, 6.45) is 4.29. The van der Waals surface area contributed by atoms with E-state index in [1.165, 1.54) is 0 Å². The van der Waals surface area contributed by atoms with Gasteiger partial charge in [0, 0.05) is 43.6 Å². The lowest BCUT2D eigenvalue weighted by molar-refractivity contribution is -0.128. The maximum atomic E-state index is 11.9. The lowest BCUT2D eigenvalue weighted by Crippen LogP contribution is -2.42. The van der Waals surface area contributed by atoms with Crippen molar-refractivity contribution in [3.8, 4) is 0 Å². The third kappa shape index (κ3) is 12.9. The van der Waals surface area contributed by atoms with Crippen molar-refractivity contribution in [3.05, 3.63) is 0 Å². The number of Topliss-reactive ketones (excluding diaryl/α,β-unsaturated/α-hetero) is 2. The Hall–Kier alpha value is -2.20. The number of nitrogens with two attached hydrogens (primary N) is 2. The van der Waals surface area contributed by atoms with Crippen LogP contribution in [0.15, 0.2) is 9.98 Å². The van der Waals surface area contributed by atoms with Gasteiger partial charge in [0.05, 0.1) is 18.6 Å². The highest BCUT2D eigenvalue weighted by Gasteiger charge is 2.27. The molecule has 0 bridgehead atoms. The van der Waals surface area contributed by atoms with Crippen molar-refractivity contribution in [2.24, 2.45) is 32.3 Å². The number of aliphatic imine (C=N–C) groups is 2. The number of hydrogen-bond donors (Lipinski definition) is 6. The number of carbonyl (C=O) groups excluding carboxylic acids is 2. The van der Waals surface area contributed by atoms with Crippen molar-refractivity contribution in [1.82, 2.24) is 21.3 Å². The summed E-state index contributed by atoms with van der Waals surface area (Å²) in [5.41, 5.74) is 11.1. The van der Waals surface area contributed by atoms with E-state index in [2.05, 4.69) is 31.3 Å². The summed E-state index contributed by atoms with van der Waals surface area (Å²) < 4.78 is 0. The Morgan fingerprint density at radius 2 is 1.23 bits per heavy atom. The molecule has 2 aliphatic rings. The third-order valence-electron chi connectivity index (χ3n) is 5.69. The number of rotatable bonds is 10. The van der Waals surface area contributed by atoms with Crippen molar-refractivity contribution in [2.75, 3.05) is 39.3 Å². The third-order valence-corrected chi connectivity index (χ3v) is 5.69. The maximum Gasteiger partial charge on any atom is 0.191 e. The van der Waals surface area contributed by atoms with Crippen LogP contribution in [0.2, 0.25) is 0 Å². The van der Waals surface area contributed by atoms with E-state index >= 15 is 0 Å². The van der Waals surface area contributed by atoms with E-state index < -0.39 is 0 Å². The highest BCUT2D eigenvalue weighted by Crippen LogP contribution is 2.18. The Balaban J connectivity index is 0.000000351. The lowest BCUT2D eigenvalue weighted by atomic mass is 9.85. The molecule has 0 amide bonds. The van der Waals surface area contributed by atoms with Gasteiger partial charge >= 0.3 is 0 Å². The summed E-state index contributed by atoms with van der Waals surface area (Å²) in [4.78, 5) is 32.3. The quantitative estimate of drug-likeness (QED) is 0.244. The molecule has 0 radical (unpaired) electrons. The monoisotopic (exact) mass is 494 g/mol. The summed E-state index contributed by atoms with van der Waals surface area (Å²) in [6, 6.07) is -0.705. The number of nitrogens with one attached hydrogen (secondary N) is 4. The molecule has 2 rings (SSSR count). The van der Waals surface area contributed by atoms with E-state index in [1.54, 1.807) is 0 Å². The average Bonchev–Trinajstić information content (AvgIpc) is 3.32. The second-order valence-corrected chi connectivity index (χ2v) is 11.2. The van der Waals surface area contributed by atoms with E-state index in [4.69, 9.17) is 11.5 Å². The summed E-state index contributed by atoms with van der Waals surface area (Å²) in [5, 5.41) is 12.7. The van der Waals surface area contributed by atoms with Crippen LogP contribution in [-0.2, 0) is 9.59 Å². The molecule has 0 aromatic carbocycles. The maximum absolute atomic E-state index is 11.9. The summed E-state index contributed by atoms with van der Waals surface area (Å²) in [6.45, 7) is 16.7. The highest BCUT2D eigenvalue weighted by atomic mass is 16.1. The molecular weight excluding hydrogens is 444 g/mol. The van der Waals surface area contributed by atoms with E-state index in [0.29, 0.717) is 0 Å².